The molecule has 11 heavy (non-hydrogen) atoms. The highest BCUT2D eigenvalue weighted by molar-refractivity contribution is 5.68. The second kappa shape index (κ2) is 3.14. The van der Waals surface area contributed by atoms with E-state index in [9.17, 15) is 9.18 Å². The van der Waals surface area contributed by atoms with E-state index in [0.29, 0.717) is 0 Å². The minimum atomic E-state index is -1.04. The number of alkyl halides is 1. The molecule has 0 amide bonds. The smallest absolute Gasteiger partial charge is 0.312 e. The Hall–Kier alpha value is -1.39. The van der Waals surface area contributed by atoms with Crippen molar-refractivity contribution in [3.05, 3.63) is 17.8 Å². The first-order chi connectivity index (χ1) is 5.22. The van der Waals surface area contributed by atoms with Crippen LogP contribution in [-0.2, 0) is 17.9 Å². The van der Waals surface area contributed by atoms with Gasteiger partial charge in [0.05, 0.1) is 0 Å². The molecular formula is C6H6FNO3. The van der Waals surface area contributed by atoms with E-state index in [1.807, 2.05) is 0 Å². The fraction of sp³-hybridized carbons (Fsp3) is 0.333. The van der Waals surface area contributed by atoms with Crippen LogP contribution in [0.2, 0.25) is 0 Å². The fourth-order valence-corrected chi connectivity index (χ4v) is 0.621. The van der Waals surface area contributed by atoms with Crippen molar-refractivity contribution in [2.24, 2.45) is 0 Å². The molecule has 0 aliphatic heterocycles. The van der Waals surface area contributed by atoms with Crippen LogP contribution in [0.4, 0.5) is 4.39 Å². The fourth-order valence-electron chi connectivity index (χ4n) is 0.621. The van der Waals surface area contributed by atoms with Crippen LogP contribution in [0.15, 0.2) is 10.7 Å². The van der Waals surface area contributed by atoms with Crippen LogP contribution in [0, 0.1) is 0 Å². The summed E-state index contributed by atoms with van der Waals surface area (Å²) >= 11 is 0. The molecule has 0 aliphatic carbocycles. The van der Waals surface area contributed by atoms with Gasteiger partial charge in [-0.25, -0.2) is 9.37 Å². The number of nitrogens with zero attached hydrogens (tertiary/aromatic N) is 1. The number of hydrogen-bond donors (Lipinski definition) is 1. The number of oxazole rings is 1. The highest BCUT2D eigenvalue weighted by Crippen LogP contribution is 2.03. The summed E-state index contributed by atoms with van der Waals surface area (Å²) in [6, 6.07) is 0. The van der Waals surface area contributed by atoms with Crippen LogP contribution in [0.5, 0.6) is 0 Å². The standard InChI is InChI=1S/C6H6FNO3/c7-2-4-3-11-5(8-4)1-6(9)10/h3H,1-2H2,(H,9,10). The van der Waals surface area contributed by atoms with Gasteiger partial charge in [-0.1, -0.05) is 0 Å². The van der Waals surface area contributed by atoms with E-state index in [0.717, 1.165) is 6.26 Å². The van der Waals surface area contributed by atoms with Crippen LogP contribution in [0.25, 0.3) is 0 Å². The molecule has 0 aliphatic rings. The van der Waals surface area contributed by atoms with Crippen molar-refractivity contribution in [1.29, 1.82) is 0 Å². The summed E-state index contributed by atoms with van der Waals surface area (Å²) in [7, 11) is 0. The molecule has 0 unspecified atom stereocenters. The number of carbonyl (C=O) groups is 1. The molecule has 0 spiro atoms. The van der Waals surface area contributed by atoms with E-state index in [1.165, 1.54) is 0 Å². The van der Waals surface area contributed by atoms with Gasteiger partial charge in [-0.05, 0) is 0 Å². The lowest BCUT2D eigenvalue weighted by molar-refractivity contribution is -0.136. The molecule has 1 heterocycles. The highest BCUT2D eigenvalue weighted by Gasteiger charge is 2.06. The summed E-state index contributed by atoms with van der Waals surface area (Å²) in [6.07, 6.45) is 0.804. The van der Waals surface area contributed by atoms with Crippen molar-refractivity contribution in [2.75, 3.05) is 0 Å². The Morgan fingerprint density at radius 1 is 1.82 bits per heavy atom. The van der Waals surface area contributed by atoms with E-state index in [-0.39, 0.29) is 18.0 Å². The maximum atomic E-state index is 11.8. The lowest BCUT2D eigenvalue weighted by Gasteiger charge is -1.84. The van der Waals surface area contributed by atoms with E-state index >= 15 is 0 Å². The maximum absolute atomic E-state index is 11.8. The zero-order chi connectivity index (χ0) is 8.27. The van der Waals surface area contributed by atoms with Crippen molar-refractivity contribution in [3.63, 3.8) is 0 Å². The molecule has 0 bridgehead atoms. The van der Waals surface area contributed by atoms with Gasteiger partial charge in [0.2, 0.25) is 5.89 Å². The van der Waals surface area contributed by atoms with Crippen molar-refractivity contribution < 1.29 is 18.7 Å². The molecule has 0 fully saturated rings. The lowest BCUT2D eigenvalue weighted by Crippen LogP contribution is -2.00. The molecule has 60 valence electrons. The van der Waals surface area contributed by atoms with Gasteiger partial charge in [-0.2, -0.15) is 0 Å². The Labute approximate surface area is 61.7 Å². The molecular weight excluding hydrogens is 153 g/mol. The van der Waals surface area contributed by atoms with Gasteiger partial charge in [0.15, 0.2) is 0 Å². The third-order valence-electron chi connectivity index (χ3n) is 1.04. The van der Waals surface area contributed by atoms with Crippen LogP contribution >= 0.6 is 0 Å². The minimum absolute atomic E-state index is 0.0325. The highest BCUT2D eigenvalue weighted by atomic mass is 19.1. The van der Waals surface area contributed by atoms with E-state index in [4.69, 9.17) is 5.11 Å². The number of aromatic nitrogens is 1. The predicted molar refractivity (Wildman–Crippen MR) is 32.7 cm³/mol. The monoisotopic (exact) mass is 159 g/mol. The van der Waals surface area contributed by atoms with Gasteiger partial charge in [0.25, 0.3) is 0 Å². The summed E-state index contributed by atoms with van der Waals surface area (Å²) in [5.41, 5.74) is 0.126. The van der Waals surface area contributed by atoms with Crippen molar-refractivity contribution in [2.45, 2.75) is 13.1 Å². The van der Waals surface area contributed by atoms with Crippen molar-refractivity contribution in [1.82, 2.24) is 4.98 Å². The topological polar surface area (TPSA) is 63.3 Å². The second-order valence-corrected chi connectivity index (χ2v) is 1.94. The Kier molecular flexibility index (Phi) is 2.20. The lowest BCUT2D eigenvalue weighted by atomic mass is 10.4. The molecule has 0 atom stereocenters. The third kappa shape index (κ3) is 2.03. The van der Waals surface area contributed by atoms with Gasteiger partial charge < -0.3 is 9.52 Å². The zero-order valence-electron chi connectivity index (χ0n) is 5.58. The Morgan fingerprint density at radius 2 is 2.55 bits per heavy atom. The number of carboxylic acids is 1. The Morgan fingerprint density at radius 3 is 3.00 bits per heavy atom. The summed E-state index contributed by atoms with van der Waals surface area (Å²) in [4.78, 5) is 13.6. The number of hydrogen-bond acceptors (Lipinski definition) is 3. The molecule has 1 aromatic heterocycles. The second-order valence-electron chi connectivity index (χ2n) is 1.94. The molecule has 1 rings (SSSR count). The average molecular weight is 159 g/mol. The molecule has 1 N–H and O–H groups in total. The van der Waals surface area contributed by atoms with Crippen LogP contribution in [-0.4, -0.2) is 16.1 Å². The van der Waals surface area contributed by atoms with Gasteiger partial charge in [-0.15, -0.1) is 0 Å². The quantitative estimate of drug-likeness (QED) is 0.707. The number of halogens is 1. The van der Waals surface area contributed by atoms with Crippen LogP contribution in [0.1, 0.15) is 11.6 Å². The number of rotatable bonds is 3. The largest absolute Gasteiger partial charge is 0.481 e. The first-order valence-corrected chi connectivity index (χ1v) is 2.93. The molecule has 0 radical (unpaired) electrons. The first-order valence-electron chi connectivity index (χ1n) is 2.93. The van der Waals surface area contributed by atoms with Gasteiger partial charge in [-0.3, -0.25) is 4.79 Å². The molecule has 5 heteroatoms. The number of carboxylic acid groups (broad SMARTS) is 1. The Balaban J connectivity index is 2.65. The van der Waals surface area contributed by atoms with E-state index < -0.39 is 12.6 Å². The van der Waals surface area contributed by atoms with Crippen LogP contribution < -0.4 is 0 Å². The van der Waals surface area contributed by atoms with Crippen molar-refractivity contribution in [3.8, 4) is 0 Å². The normalized spacial score (nSPS) is 9.91. The SMILES string of the molecule is O=C(O)Cc1nc(CF)co1. The molecule has 0 saturated heterocycles. The van der Waals surface area contributed by atoms with Gasteiger partial charge in [0.1, 0.15) is 25.1 Å². The minimum Gasteiger partial charge on any atom is -0.481 e. The first kappa shape index (κ1) is 7.71. The summed E-state index contributed by atoms with van der Waals surface area (Å²) in [5, 5.41) is 8.26. The third-order valence-corrected chi connectivity index (χ3v) is 1.04. The summed E-state index contributed by atoms with van der Waals surface area (Å²) in [5.74, 6) is -1.01. The summed E-state index contributed by atoms with van der Waals surface area (Å²) in [6.45, 7) is -0.733. The van der Waals surface area contributed by atoms with Crippen molar-refractivity contribution >= 4 is 5.97 Å². The Bertz CT molecular complexity index is 258. The molecule has 1 aromatic rings. The average Bonchev–Trinajstić information content (AvgIpc) is 2.34. The molecule has 4 nitrogen and oxygen atoms in total. The predicted octanol–water partition coefficient (Wildman–Crippen LogP) is 0.771. The number of aliphatic carboxylic acids is 1. The zero-order valence-corrected chi connectivity index (χ0v) is 5.58. The molecule has 0 aromatic carbocycles. The summed E-state index contributed by atoms with van der Waals surface area (Å²) < 4.78 is 16.4. The van der Waals surface area contributed by atoms with Crippen LogP contribution in [0.3, 0.4) is 0 Å². The molecule has 0 saturated carbocycles. The van der Waals surface area contributed by atoms with E-state index in [1.54, 1.807) is 0 Å². The van der Waals surface area contributed by atoms with E-state index in [2.05, 4.69) is 9.40 Å². The van der Waals surface area contributed by atoms with Gasteiger partial charge in [0, 0.05) is 0 Å². The van der Waals surface area contributed by atoms with Gasteiger partial charge >= 0.3 is 5.97 Å². The maximum Gasteiger partial charge on any atom is 0.312 e.